The van der Waals surface area contributed by atoms with Crippen molar-refractivity contribution in [2.45, 2.75) is 70.2 Å². The van der Waals surface area contributed by atoms with Crippen LogP contribution in [0.15, 0.2) is 36.4 Å². The molecule has 0 spiro atoms. The van der Waals surface area contributed by atoms with E-state index < -0.39 is 32.0 Å². The van der Waals surface area contributed by atoms with Crippen molar-refractivity contribution >= 4 is 45.2 Å². The molecule has 43 heavy (non-hydrogen) atoms. The van der Waals surface area contributed by atoms with Gasteiger partial charge >= 0.3 is 6.18 Å². The minimum absolute atomic E-state index is 0.0208. The zero-order valence-electron chi connectivity index (χ0n) is 25.4. The van der Waals surface area contributed by atoms with Crippen LogP contribution in [0.1, 0.15) is 44.6 Å². The summed E-state index contributed by atoms with van der Waals surface area (Å²) in [6.07, 6.45) is -5.99. The minimum Gasteiger partial charge on any atom is -0.495 e. The molecule has 0 aliphatic carbocycles. The molecule has 1 fully saturated rings. The van der Waals surface area contributed by atoms with E-state index in [9.17, 15) is 22.1 Å². The Balaban J connectivity index is 1.60. The molecule has 1 aliphatic heterocycles. The first-order valence-electron chi connectivity index (χ1n) is 14.5. The van der Waals surface area contributed by atoms with Gasteiger partial charge in [0.2, 0.25) is 0 Å². The molecular weight excluding hydrogens is 597 g/mol. The largest absolute Gasteiger partial charge is 0.495 e. The van der Waals surface area contributed by atoms with E-state index in [1.807, 2.05) is 45.7 Å². The van der Waals surface area contributed by atoms with Gasteiger partial charge in [-0.3, -0.25) is 0 Å². The van der Waals surface area contributed by atoms with Crippen LogP contribution in [0.5, 0.6) is 5.75 Å². The Bertz CT molecular complexity index is 1530. The van der Waals surface area contributed by atoms with Crippen molar-refractivity contribution in [2.75, 3.05) is 44.4 Å². The van der Waals surface area contributed by atoms with E-state index in [0.29, 0.717) is 45.1 Å². The summed E-state index contributed by atoms with van der Waals surface area (Å²) in [7, 11) is 0.745. The number of thiophene rings is 1. The van der Waals surface area contributed by atoms with Crippen LogP contribution in [0.25, 0.3) is 10.1 Å². The van der Waals surface area contributed by atoms with Gasteiger partial charge in [0.25, 0.3) is 0 Å². The molecular formula is C32H40F4N3O2PS. The van der Waals surface area contributed by atoms with E-state index >= 15 is 0 Å². The van der Waals surface area contributed by atoms with Crippen LogP contribution in [-0.4, -0.2) is 68.4 Å². The zero-order valence-corrected chi connectivity index (χ0v) is 27.2. The predicted molar refractivity (Wildman–Crippen MR) is 172 cm³/mol. The van der Waals surface area contributed by atoms with Crippen molar-refractivity contribution < 1.29 is 26.9 Å². The Morgan fingerprint density at radius 2 is 1.86 bits per heavy atom. The number of ether oxygens (including phenoxy) is 1. The van der Waals surface area contributed by atoms with E-state index in [1.165, 1.54) is 18.4 Å². The monoisotopic (exact) mass is 637 g/mol. The highest BCUT2D eigenvalue weighted by Gasteiger charge is 2.34. The molecule has 0 bridgehead atoms. The van der Waals surface area contributed by atoms with Gasteiger partial charge in [-0.25, -0.2) is 4.39 Å². The summed E-state index contributed by atoms with van der Waals surface area (Å²) < 4.78 is 75.6. The second-order valence-corrected chi connectivity index (χ2v) is 16.7. The number of benzene rings is 2. The Morgan fingerprint density at radius 1 is 1.14 bits per heavy atom. The molecule has 0 radical (unpaired) electrons. The first kappa shape index (κ1) is 33.2. The van der Waals surface area contributed by atoms with Gasteiger partial charge in [0.1, 0.15) is 19.1 Å². The standard InChI is InChI=1S/C32H40F4N3O2PS/c1-20(2)42(40,21(3)4)22-12-13-27(29(17-22)41-6)37-15-8-11-30-24(18-32(34,35)36)23-9-7-10-28(31(23)43-30)38-26-14-16-39(5)19-25(26)33/h7,9-10,12-13,17,20-21,25-26,37-38H,14-16,18-19H2,1-6H3/t25-,26-/m1/s1. The van der Waals surface area contributed by atoms with E-state index in [-0.39, 0.29) is 23.4 Å². The molecule has 2 atom stereocenters. The summed E-state index contributed by atoms with van der Waals surface area (Å²) in [5, 5.41) is 7.67. The summed E-state index contributed by atoms with van der Waals surface area (Å²) in [5.74, 6) is 6.45. The third kappa shape index (κ3) is 7.50. The van der Waals surface area contributed by atoms with Gasteiger partial charge in [-0.2, -0.15) is 13.2 Å². The van der Waals surface area contributed by atoms with Gasteiger partial charge in [0.15, 0.2) is 0 Å². The molecule has 11 heteroatoms. The average molecular weight is 638 g/mol. The first-order chi connectivity index (χ1) is 20.2. The number of halogens is 4. The highest BCUT2D eigenvalue weighted by Crippen LogP contribution is 2.54. The molecule has 234 valence electrons. The summed E-state index contributed by atoms with van der Waals surface area (Å²) in [6.45, 7) is 9.05. The van der Waals surface area contributed by atoms with Crippen LogP contribution in [0.4, 0.5) is 28.9 Å². The molecule has 2 N–H and O–H groups in total. The van der Waals surface area contributed by atoms with E-state index in [1.54, 1.807) is 30.3 Å². The van der Waals surface area contributed by atoms with Gasteiger partial charge in [-0.1, -0.05) is 51.7 Å². The number of rotatable bonds is 9. The normalized spacial score (nSPS) is 18.1. The molecule has 0 saturated carbocycles. The van der Waals surface area contributed by atoms with Crippen LogP contribution in [-0.2, 0) is 11.0 Å². The van der Waals surface area contributed by atoms with Crippen molar-refractivity contribution in [1.82, 2.24) is 4.90 Å². The van der Waals surface area contributed by atoms with Crippen LogP contribution < -0.4 is 20.7 Å². The number of alkyl halides is 4. The number of likely N-dealkylation sites (tertiary alicyclic amines) is 1. The fourth-order valence-corrected chi connectivity index (χ4v) is 9.86. The Hall–Kier alpha value is -2.73. The third-order valence-corrected chi connectivity index (χ3v) is 13.3. The number of anilines is 2. The van der Waals surface area contributed by atoms with Crippen LogP contribution in [0.2, 0.25) is 0 Å². The SMILES string of the molecule is COc1cc(P(=O)(C(C)C)C(C)C)ccc1NCC#Cc1sc2c(N[C@@H]3CCN(C)C[C@H]3F)cccc2c1CC(F)(F)F. The maximum absolute atomic E-state index is 14.7. The van der Waals surface area contributed by atoms with Gasteiger partial charge < -0.3 is 24.8 Å². The Labute approximate surface area is 255 Å². The highest BCUT2D eigenvalue weighted by molar-refractivity contribution is 7.72. The molecule has 2 aromatic carbocycles. The summed E-state index contributed by atoms with van der Waals surface area (Å²) in [6, 6.07) is 10.2. The lowest BCUT2D eigenvalue weighted by Crippen LogP contribution is -2.46. The van der Waals surface area contributed by atoms with Crippen molar-refractivity contribution in [3.8, 4) is 17.6 Å². The predicted octanol–water partition coefficient (Wildman–Crippen LogP) is 7.74. The first-order valence-corrected chi connectivity index (χ1v) is 17.1. The molecule has 3 aromatic rings. The summed E-state index contributed by atoms with van der Waals surface area (Å²) >= 11 is 1.19. The second-order valence-electron chi connectivity index (χ2n) is 11.6. The smallest absolute Gasteiger partial charge is 0.393 e. The quantitative estimate of drug-likeness (QED) is 0.143. The topological polar surface area (TPSA) is 53.6 Å². The van der Waals surface area contributed by atoms with Gasteiger partial charge in [-0.05, 0) is 48.7 Å². The molecule has 1 aliphatic rings. The third-order valence-electron chi connectivity index (χ3n) is 7.97. The van der Waals surface area contributed by atoms with Gasteiger partial charge in [0, 0.05) is 29.7 Å². The number of nitrogens with one attached hydrogen (secondary N) is 2. The van der Waals surface area contributed by atoms with Crippen molar-refractivity contribution in [1.29, 1.82) is 0 Å². The van der Waals surface area contributed by atoms with Crippen LogP contribution in [0.3, 0.4) is 0 Å². The second kappa shape index (κ2) is 13.5. The zero-order chi connectivity index (χ0) is 31.5. The molecule has 0 amide bonds. The molecule has 1 aromatic heterocycles. The fourth-order valence-electron chi connectivity index (χ4n) is 5.68. The minimum atomic E-state index is -4.41. The Kier molecular flexibility index (Phi) is 10.4. The van der Waals surface area contributed by atoms with E-state index in [2.05, 4.69) is 22.5 Å². The highest BCUT2D eigenvalue weighted by atomic mass is 32.1. The number of piperidine rings is 1. The molecule has 1 saturated heterocycles. The molecule has 0 unspecified atom stereocenters. The van der Waals surface area contributed by atoms with Gasteiger partial charge in [0.05, 0.1) is 47.1 Å². The lowest BCUT2D eigenvalue weighted by molar-refractivity contribution is -0.126. The van der Waals surface area contributed by atoms with E-state index in [4.69, 9.17) is 4.74 Å². The fraction of sp³-hybridized carbons (Fsp3) is 0.500. The van der Waals surface area contributed by atoms with Crippen molar-refractivity contribution in [3.05, 3.63) is 46.8 Å². The summed E-state index contributed by atoms with van der Waals surface area (Å²) in [5.41, 5.74) is 1.36. The lowest BCUT2D eigenvalue weighted by Gasteiger charge is -2.33. The lowest BCUT2D eigenvalue weighted by atomic mass is 10.0. The average Bonchev–Trinajstić information content (AvgIpc) is 3.28. The number of nitrogens with zero attached hydrogens (tertiary/aromatic N) is 1. The maximum atomic E-state index is 14.7. The van der Waals surface area contributed by atoms with Crippen LogP contribution in [0, 0.1) is 11.8 Å². The molecule has 2 heterocycles. The number of methoxy groups -OCH3 is 1. The summed E-state index contributed by atoms with van der Waals surface area (Å²) in [4.78, 5) is 2.26. The van der Waals surface area contributed by atoms with Gasteiger partial charge in [-0.15, -0.1) is 11.3 Å². The molecule has 4 rings (SSSR count). The van der Waals surface area contributed by atoms with Crippen molar-refractivity contribution in [3.63, 3.8) is 0 Å². The maximum Gasteiger partial charge on any atom is 0.393 e. The number of hydrogen-bond acceptors (Lipinski definition) is 6. The number of fused-ring (bicyclic) bond motifs is 1. The van der Waals surface area contributed by atoms with E-state index in [0.717, 1.165) is 11.8 Å². The Morgan fingerprint density at radius 3 is 2.49 bits per heavy atom. The number of hydrogen-bond donors (Lipinski definition) is 2. The van der Waals surface area contributed by atoms with Crippen LogP contribution >= 0.6 is 18.5 Å². The molecule has 5 nitrogen and oxygen atoms in total. The van der Waals surface area contributed by atoms with Crippen molar-refractivity contribution in [2.24, 2.45) is 0 Å².